The lowest BCUT2D eigenvalue weighted by Gasteiger charge is -2.17. The third-order valence-corrected chi connectivity index (χ3v) is 3.26. The Morgan fingerprint density at radius 3 is 2.53 bits per heavy atom. The van der Waals surface area contributed by atoms with Gasteiger partial charge in [0.05, 0.1) is 16.7 Å². The van der Waals surface area contributed by atoms with Crippen LogP contribution in [0.25, 0.3) is 0 Å². The van der Waals surface area contributed by atoms with E-state index < -0.39 is 23.9 Å². The fourth-order valence-electron chi connectivity index (χ4n) is 1.59. The van der Waals surface area contributed by atoms with Gasteiger partial charge in [-0.1, -0.05) is 23.7 Å². The molecule has 0 aromatic heterocycles. The summed E-state index contributed by atoms with van der Waals surface area (Å²) in [5, 5.41) is 11.2. The maximum Gasteiger partial charge on any atom is 0.509 e. The molecular weight excluding hydrogens is 279 g/mol. The van der Waals surface area contributed by atoms with Crippen molar-refractivity contribution in [2.75, 3.05) is 0 Å². The molecule has 1 aromatic carbocycles. The van der Waals surface area contributed by atoms with Crippen LogP contribution >= 0.6 is 11.6 Å². The number of nitriles is 1. The Hall–Kier alpha value is -1.68. The Balaban J connectivity index is 2.29. The maximum absolute atomic E-state index is 12.6. The van der Waals surface area contributed by atoms with Crippen molar-refractivity contribution >= 4 is 29.9 Å². The second kappa shape index (κ2) is 4.46. The number of nitrogens with one attached hydrogen (secondary N) is 1. The van der Waals surface area contributed by atoms with Gasteiger partial charge in [0.25, 0.3) is 5.91 Å². The molecule has 0 unspecified atom stereocenters. The Morgan fingerprint density at radius 2 is 2.05 bits per heavy atom. The van der Waals surface area contributed by atoms with Gasteiger partial charge in [-0.3, -0.25) is 4.79 Å². The third-order valence-electron chi connectivity index (χ3n) is 2.93. The minimum absolute atomic E-state index is 0.0740. The number of nitrogens with zero attached hydrogens (tertiary/aromatic N) is 1. The smallest absolute Gasteiger partial charge is 0.445 e. The van der Waals surface area contributed by atoms with Crippen LogP contribution in [0.4, 0.5) is 12.9 Å². The van der Waals surface area contributed by atoms with Gasteiger partial charge in [0.1, 0.15) is 5.54 Å². The molecule has 0 bridgehead atoms. The summed E-state index contributed by atoms with van der Waals surface area (Å²) in [5.74, 6) is -0.758. The molecule has 0 spiro atoms. The molecule has 0 atom stereocenters. The van der Waals surface area contributed by atoms with Crippen LogP contribution < -0.4 is 10.8 Å². The number of hydrogen-bond acceptors (Lipinski definition) is 2. The van der Waals surface area contributed by atoms with Crippen LogP contribution in [0.15, 0.2) is 18.2 Å². The highest BCUT2D eigenvalue weighted by Crippen LogP contribution is 2.34. The van der Waals surface area contributed by atoms with Crippen LogP contribution in [0.1, 0.15) is 23.2 Å². The van der Waals surface area contributed by atoms with Crippen molar-refractivity contribution in [1.29, 1.82) is 5.26 Å². The zero-order chi connectivity index (χ0) is 14.3. The predicted molar refractivity (Wildman–Crippen MR) is 65.2 cm³/mol. The van der Waals surface area contributed by atoms with Gasteiger partial charge in [0.15, 0.2) is 0 Å². The number of halogens is 4. The van der Waals surface area contributed by atoms with Crippen molar-refractivity contribution in [3.8, 4) is 6.07 Å². The van der Waals surface area contributed by atoms with Crippen molar-refractivity contribution in [3.05, 3.63) is 28.8 Å². The van der Waals surface area contributed by atoms with Crippen LogP contribution in [-0.2, 0) is 0 Å². The minimum atomic E-state index is -5.20. The van der Waals surface area contributed by atoms with E-state index in [-0.39, 0.29) is 10.6 Å². The predicted octanol–water partition coefficient (Wildman–Crippen LogP) is 2.18. The lowest BCUT2D eigenvalue weighted by molar-refractivity contribution is 0.0942. The average Bonchev–Trinajstić information content (AvgIpc) is 3.08. The van der Waals surface area contributed by atoms with Gasteiger partial charge in [-0.15, -0.1) is 5.46 Å². The van der Waals surface area contributed by atoms with Gasteiger partial charge in [0.2, 0.25) is 0 Å². The zero-order valence-corrected chi connectivity index (χ0v) is 10.3. The summed E-state index contributed by atoms with van der Waals surface area (Å²) in [7, 11) is 0. The molecule has 2 rings (SSSR count). The van der Waals surface area contributed by atoms with E-state index >= 15 is 0 Å². The van der Waals surface area contributed by atoms with Crippen LogP contribution in [0.2, 0.25) is 5.02 Å². The van der Waals surface area contributed by atoms with E-state index in [1.54, 1.807) is 0 Å². The highest BCUT2D eigenvalue weighted by Gasteiger charge is 2.45. The standard InChI is InChI=1S/C11H8BClF3N2O/c13-9-2-1-7(12(14,15)16)5-8(9)10(19)18-11(6-17)3-4-11/h1-2,5H,3-4H2,(H,18,19)/q-1. The Kier molecular flexibility index (Phi) is 3.23. The van der Waals surface area contributed by atoms with E-state index in [0.29, 0.717) is 18.9 Å². The molecule has 19 heavy (non-hydrogen) atoms. The Bertz CT molecular complexity index is 578. The maximum atomic E-state index is 12.6. The van der Waals surface area contributed by atoms with E-state index in [4.69, 9.17) is 16.9 Å². The first-order valence-electron chi connectivity index (χ1n) is 5.51. The molecule has 8 heteroatoms. The van der Waals surface area contributed by atoms with Crippen molar-refractivity contribution in [3.63, 3.8) is 0 Å². The molecule has 1 saturated carbocycles. The fraction of sp³-hybridized carbons (Fsp3) is 0.273. The van der Waals surface area contributed by atoms with Gasteiger partial charge < -0.3 is 18.3 Å². The summed E-state index contributed by atoms with van der Waals surface area (Å²) >= 11 is 5.73. The molecular formula is C11H8BClF3N2O-. The Labute approximate surface area is 112 Å². The van der Waals surface area contributed by atoms with E-state index in [1.165, 1.54) is 0 Å². The highest BCUT2D eigenvalue weighted by molar-refractivity contribution is 6.73. The molecule has 1 aliphatic rings. The molecule has 0 aliphatic heterocycles. The van der Waals surface area contributed by atoms with Crippen LogP contribution in [0.5, 0.6) is 0 Å². The summed E-state index contributed by atoms with van der Waals surface area (Å²) in [6.45, 7) is -5.20. The lowest BCUT2D eigenvalue weighted by Crippen LogP contribution is -2.38. The van der Waals surface area contributed by atoms with E-state index in [9.17, 15) is 17.7 Å². The summed E-state index contributed by atoms with van der Waals surface area (Å²) < 4.78 is 37.8. The number of amides is 1. The monoisotopic (exact) mass is 287 g/mol. The van der Waals surface area contributed by atoms with Crippen LogP contribution in [-0.4, -0.2) is 18.4 Å². The second-order valence-corrected chi connectivity index (χ2v) is 4.87. The van der Waals surface area contributed by atoms with Crippen molar-refractivity contribution in [2.45, 2.75) is 18.4 Å². The zero-order valence-electron chi connectivity index (χ0n) is 9.59. The number of carbonyl (C=O) groups excluding carboxylic acids is 1. The van der Waals surface area contributed by atoms with Gasteiger partial charge in [-0.25, -0.2) is 0 Å². The van der Waals surface area contributed by atoms with Gasteiger partial charge >= 0.3 is 6.98 Å². The highest BCUT2D eigenvalue weighted by atomic mass is 35.5. The molecule has 1 amide bonds. The summed E-state index contributed by atoms with van der Waals surface area (Å²) in [4.78, 5) is 11.9. The quantitative estimate of drug-likeness (QED) is 0.866. The molecule has 1 fully saturated rings. The lowest BCUT2D eigenvalue weighted by atomic mass is 9.79. The molecule has 1 aliphatic carbocycles. The first kappa shape index (κ1) is 13.7. The third kappa shape index (κ3) is 2.84. The van der Waals surface area contributed by atoms with E-state index in [1.807, 2.05) is 6.07 Å². The van der Waals surface area contributed by atoms with Crippen molar-refractivity contribution in [2.24, 2.45) is 0 Å². The average molecular weight is 287 g/mol. The first-order valence-corrected chi connectivity index (χ1v) is 5.88. The number of benzene rings is 1. The molecule has 0 heterocycles. The first-order chi connectivity index (χ1) is 8.77. The number of rotatable bonds is 3. The molecule has 0 radical (unpaired) electrons. The SMILES string of the molecule is N#CC1(NC(=O)c2cc([B-](F)(F)F)ccc2Cl)CC1. The molecule has 1 aromatic rings. The van der Waals surface area contributed by atoms with Gasteiger partial charge in [-0.05, 0) is 18.9 Å². The fourth-order valence-corrected chi connectivity index (χ4v) is 1.80. The second-order valence-electron chi connectivity index (χ2n) is 4.46. The topological polar surface area (TPSA) is 52.9 Å². The molecule has 3 nitrogen and oxygen atoms in total. The number of carbonyl (C=O) groups is 1. The minimum Gasteiger partial charge on any atom is -0.445 e. The van der Waals surface area contributed by atoms with E-state index in [2.05, 4.69) is 5.32 Å². The van der Waals surface area contributed by atoms with Gasteiger partial charge in [0, 0.05) is 0 Å². The van der Waals surface area contributed by atoms with Gasteiger partial charge in [-0.2, -0.15) is 5.26 Å². The number of hydrogen-bond donors (Lipinski definition) is 1. The van der Waals surface area contributed by atoms with Crippen LogP contribution in [0, 0.1) is 11.3 Å². The van der Waals surface area contributed by atoms with Crippen molar-refractivity contribution < 1.29 is 17.7 Å². The normalized spacial score (nSPS) is 16.6. The summed E-state index contributed by atoms with van der Waals surface area (Å²) in [6.07, 6.45) is 0.992. The summed E-state index contributed by atoms with van der Waals surface area (Å²) in [5.41, 5.74) is -2.10. The van der Waals surface area contributed by atoms with E-state index in [0.717, 1.165) is 12.1 Å². The summed E-state index contributed by atoms with van der Waals surface area (Å²) in [6, 6.07) is 4.50. The van der Waals surface area contributed by atoms with Crippen LogP contribution in [0.3, 0.4) is 0 Å². The van der Waals surface area contributed by atoms with Crippen molar-refractivity contribution in [1.82, 2.24) is 5.32 Å². The molecule has 1 N–H and O–H groups in total. The molecule has 0 saturated heterocycles. The molecule has 100 valence electrons. The Morgan fingerprint density at radius 1 is 1.42 bits per heavy atom. The largest absolute Gasteiger partial charge is 0.509 e.